The van der Waals surface area contributed by atoms with E-state index in [1.54, 1.807) is 0 Å². The number of aliphatic hydroxyl groups excluding tert-OH is 1. The van der Waals surface area contributed by atoms with Crippen molar-refractivity contribution in [1.29, 1.82) is 0 Å². The number of β-amino-alcohol motifs (C(OH)–C–C–N with tert-alkyl or cyclic N) is 1. The average molecular weight is 322 g/mol. The van der Waals surface area contributed by atoms with Crippen LogP contribution in [0.2, 0.25) is 0 Å². The van der Waals surface area contributed by atoms with E-state index in [1.165, 1.54) is 5.56 Å². The lowest BCUT2D eigenvalue weighted by molar-refractivity contribution is 0.0938. The molecule has 0 heterocycles. The standard InChI is InChI=1S/C20H35NO2/c1-14-9-15(2)18(16(3)10-14)23-12-17(22)11-21-20(7,8)13-19(4,5)6/h9-10,17,21-22H,11-13H2,1-8H3/t17-/m1/s1. The van der Waals surface area contributed by atoms with Gasteiger partial charge in [0.15, 0.2) is 0 Å². The molecule has 2 N–H and O–H groups in total. The highest BCUT2D eigenvalue weighted by molar-refractivity contribution is 5.42. The highest BCUT2D eigenvalue weighted by Gasteiger charge is 2.25. The Morgan fingerprint density at radius 3 is 2.04 bits per heavy atom. The van der Waals surface area contributed by atoms with E-state index in [0.717, 1.165) is 23.3 Å². The third-order valence-corrected chi connectivity index (χ3v) is 3.81. The number of aryl methyl sites for hydroxylation is 3. The van der Waals surface area contributed by atoms with Crippen molar-refractivity contribution in [3.05, 3.63) is 28.8 Å². The molecule has 1 rings (SSSR count). The van der Waals surface area contributed by atoms with Gasteiger partial charge in [-0.05, 0) is 57.6 Å². The first-order valence-corrected chi connectivity index (χ1v) is 8.53. The van der Waals surface area contributed by atoms with Gasteiger partial charge in [0.2, 0.25) is 0 Å². The predicted molar refractivity (Wildman–Crippen MR) is 98.3 cm³/mol. The molecule has 23 heavy (non-hydrogen) atoms. The quantitative estimate of drug-likeness (QED) is 0.792. The minimum atomic E-state index is -0.519. The molecule has 1 atom stereocenters. The zero-order chi connectivity index (χ0) is 17.8. The molecule has 0 saturated carbocycles. The van der Waals surface area contributed by atoms with Gasteiger partial charge in [0, 0.05) is 12.1 Å². The largest absolute Gasteiger partial charge is 0.490 e. The minimum absolute atomic E-state index is 0.00504. The zero-order valence-electron chi connectivity index (χ0n) is 16.2. The first-order valence-electron chi connectivity index (χ1n) is 8.53. The van der Waals surface area contributed by atoms with Gasteiger partial charge in [-0.15, -0.1) is 0 Å². The highest BCUT2D eigenvalue weighted by atomic mass is 16.5. The molecule has 132 valence electrons. The molecule has 0 radical (unpaired) electrons. The number of rotatable bonds is 7. The first-order chi connectivity index (χ1) is 10.4. The molecule has 0 spiro atoms. The van der Waals surface area contributed by atoms with Gasteiger partial charge in [-0.3, -0.25) is 0 Å². The van der Waals surface area contributed by atoms with Gasteiger partial charge in [0.1, 0.15) is 18.5 Å². The number of aliphatic hydroxyl groups is 1. The predicted octanol–water partition coefficient (Wildman–Crippen LogP) is 4.16. The fourth-order valence-corrected chi connectivity index (χ4v) is 3.42. The van der Waals surface area contributed by atoms with Crippen molar-refractivity contribution in [1.82, 2.24) is 5.32 Å². The van der Waals surface area contributed by atoms with E-state index in [-0.39, 0.29) is 11.0 Å². The summed E-state index contributed by atoms with van der Waals surface area (Å²) in [6, 6.07) is 4.22. The molecule has 3 heteroatoms. The van der Waals surface area contributed by atoms with Gasteiger partial charge in [-0.2, -0.15) is 0 Å². The number of hydrogen-bond donors (Lipinski definition) is 2. The third kappa shape index (κ3) is 7.36. The summed E-state index contributed by atoms with van der Waals surface area (Å²) in [6.07, 6.45) is 0.526. The maximum Gasteiger partial charge on any atom is 0.125 e. The molecule has 1 aromatic carbocycles. The highest BCUT2D eigenvalue weighted by Crippen LogP contribution is 2.27. The maximum absolute atomic E-state index is 10.2. The molecule has 0 amide bonds. The van der Waals surface area contributed by atoms with E-state index in [2.05, 4.69) is 59.0 Å². The van der Waals surface area contributed by atoms with Crippen LogP contribution < -0.4 is 10.1 Å². The Morgan fingerprint density at radius 2 is 1.57 bits per heavy atom. The summed E-state index contributed by atoms with van der Waals surface area (Å²) in [4.78, 5) is 0. The van der Waals surface area contributed by atoms with E-state index in [1.807, 2.05) is 13.8 Å². The van der Waals surface area contributed by atoms with Crippen LogP contribution in [0.5, 0.6) is 5.75 Å². The number of nitrogens with one attached hydrogen (secondary N) is 1. The van der Waals surface area contributed by atoms with Gasteiger partial charge in [0.25, 0.3) is 0 Å². The topological polar surface area (TPSA) is 41.5 Å². The summed E-state index contributed by atoms with van der Waals surface area (Å²) in [5.41, 5.74) is 3.73. The molecule has 0 aromatic heterocycles. The Labute approximate surface area is 142 Å². The fourth-order valence-electron chi connectivity index (χ4n) is 3.42. The molecule has 0 fully saturated rings. The first kappa shape index (κ1) is 20.0. The van der Waals surface area contributed by atoms with Gasteiger partial charge < -0.3 is 15.2 Å². The smallest absolute Gasteiger partial charge is 0.125 e. The lowest BCUT2D eigenvalue weighted by atomic mass is 9.82. The maximum atomic E-state index is 10.2. The molecule has 0 aliphatic rings. The summed E-state index contributed by atoms with van der Waals surface area (Å²) in [7, 11) is 0. The van der Waals surface area contributed by atoms with E-state index in [9.17, 15) is 5.11 Å². The van der Waals surface area contributed by atoms with Crippen LogP contribution >= 0.6 is 0 Å². The van der Waals surface area contributed by atoms with Crippen LogP contribution in [0.3, 0.4) is 0 Å². The zero-order valence-corrected chi connectivity index (χ0v) is 16.2. The molecule has 1 aromatic rings. The van der Waals surface area contributed by atoms with Crippen molar-refractivity contribution in [3.8, 4) is 5.75 Å². The fraction of sp³-hybridized carbons (Fsp3) is 0.700. The molecular weight excluding hydrogens is 286 g/mol. The van der Waals surface area contributed by atoms with Crippen molar-refractivity contribution in [2.75, 3.05) is 13.2 Å². The van der Waals surface area contributed by atoms with Crippen LogP contribution in [0.25, 0.3) is 0 Å². The SMILES string of the molecule is Cc1cc(C)c(OC[C@H](O)CNC(C)(C)CC(C)(C)C)c(C)c1. The minimum Gasteiger partial charge on any atom is -0.490 e. The van der Waals surface area contributed by atoms with E-state index in [4.69, 9.17) is 4.74 Å². The van der Waals surface area contributed by atoms with Crippen molar-refractivity contribution >= 4 is 0 Å². The van der Waals surface area contributed by atoms with Crippen molar-refractivity contribution < 1.29 is 9.84 Å². The molecule has 0 bridgehead atoms. The Bertz CT molecular complexity index is 492. The molecule has 0 saturated heterocycles. The van der Waals surface area contributed by atoms with Crippen molar-refractivity contribution in [2.24, 2.45) is 5.41 Å². The van der Waals surface area contributed by atoms with Crippen LogP contribution in [0.1, 0.15) is 57.7 Å². The Hall–Kier alpha value is -1.06. The normalized spacial score (nSPS) is 14.0. The number of benzene rings is 1. The van der Waals surface area contributed by atoms with Crippen LogP contribution in [0.4, 0.5) is 0 Å². The lowest BCUT2D eigenvalue weighted by Crippen LogP contribution is -2.46. The summed E-state index contributed by atoms with van der Waals surface area (Å²) in [5.74, 6) is 0.892. The summed E-state index contributed by atoms with van der Waals surface area (Å²) >= 11 is 0. The third-order valence-electron chi connectivity index (χ3n) is 3.81. The van der Waals surface area contributed by atoms with E-state index in [0.29, 0.717) is 13.2 Å². The van der Waals surface area contributed by atoms with Crippen LogP contribution in [-0.4, -0.2) is 29.9 Å². The number of ether oxygens (including phenoxy) is 1. The van der Waals surface area contributed by atoms with Gasteiger partial charge in [0.05, 0.1) is 0 Å². The van der Waals surface area contributed by atoms with E-state index < -0.39 is 6.10 Å². The average Bonchev–Trinajstić information content (AvgIpc) is 2.32. The molecule has 0 unspecified atom stereocenters. The lowest BCUT2D eigenvalue weighted by Gasteiger charge is -2.34. The van der Waals surface area contributed by atoms with Gasteiger partial charge in [-0.25, -0.2) is 0 Å². The Kier molecular flexibility index (Phi) is 6.67. The summed E-state index contributed by atoms with van der Waals surface area (Å²) < 4.78 is 5.86. The second kappa shape index (κ2) is 7.67. The van der Waals surface area contributed by atoms with Crippen LogP contribution in [0, 0.1) is 26.2 Å². The van der Waals surface area contributed by atoms with Crippen LogP contribution in [0.15, 0.2) is 12.1 Å². The van der Waals surface area contributed by atoms with Gasteiger partial charge in [-0.1, -0.05) is 38.5 Å². The second-order valence-electron chi connectivity index (χ2n) is 8.69. The Balaban J connectivity index is 2.51. The monoisotopic (exact) mass is 321 g/mol. The molecular formula is C20H35NO2. The van der Waals surface area contributed by atoms with Crippen molar-refractivity contribution in [3.63, 3.8) is 0 Å². The number of hydrogen-bond acceptors (Lipinski definition) is 3. The van der Waals surface area contributed by atoms with E-state index >= 15 is 0 Å². The summed E-state index contributed by atoms with van der Waals surface area (Å²) in [5, 5.41) is 13.7. The molecule has 3 nitrogen and oxygen atoms in total. The Morgan fingerprint density at radius 1 is 1.04 bits per heavy atom. The second-order valence-corrected chi connectivity index (χ2v) is 8.69. The summed E-state index contributed by atoms with van der Waals surface area (Å²) in [6.45, 7) is 18.1. The van der Waals surface area contributed by atoms with Gasteiger partial charge >= 0.3 is 0 Å². The molecule has 0 aliphatic heterocycles. The van der Waals surface area contributed by atoms with Crippen LogP contribution in [-0.2, 0) is 0 Å². The molecule has 0 aliphatic carbocycles. The van der Waals surface area contributed by atoms with Crippen molar-refractivity contribution in [2.45, 2.75) is 73.5 Å².